The van der Waals surface area contributed by atoms with Crippen molar-refractivity contribution in [1.82, 2.24) is 19.4 Å². The molecule has 0 aliphatic rings. The zero-order valence-electron chi connectivity index (χ0n) is 11.0. The van der Waals surface area contributed by atoms with Crippen LogP contribution in [0.4, 0.5) is 0 Å². The molecule has 0 amide bonds. The van der Waals surface area contributed by atoms with Gasteiger partial charge in [0, 0.05) is 24.3 Å². The maximum atomic E-state index is 12.0. The van der Waals surface area contributed by atoms with Crippen LogP contribution < -0.4 is 4.72 Å². The third-order valence-corrected chi connectivity index (χ3v) is 4.04. The fourth-order valence-corrected chi connectivity index (χ4v) is 2.41. The maximum Gasteiger partial charge on any atom is 0.259 e. The molecular formula is C11H16N4O3S. The zero-order valence-corrected chi connectivity index (χ0v) is 11.8. The number of nitrogens with zero attached hydrogens (tertiary/aromatic N) is 3. The molecule has 0 spiro atoms. The number of aryl methyl sites for hydroxylation is 1. The Balaban J connectivity index is 2.11. The lowest BCUT2D eigenvalue weighted by Crippen LogP contribution is -2.23. The summed E-state index contributed by atoms with van der Waals surface area (Å²) in [6, 6.07) is 0.164. The third kappa shape index (κ3) is 3.02. The van der Waals surface area contributed by atoms with Crippen molar-refractivity contribution in [2.45, 2.75) is 38.4 Å². The maximum absolute atomic E-state index is 12.0. The molecule has 19 heavy (non-hydrogen) atoms. The van der Waals surface area contributed by atoms with Crippen molar-refractivity contribution in [3.05, 3.63) is 30.0 Å². The second-order valence-electron chi connectivity index (χ2n) is 4.48. The highest BCUT2D eigenvalue weighted by Crippen LogP contribution is 2.11. The number of nitrogens with one attached hydrogen (secondary N) is 1. The number of sulfonamides is 1. The van der Waals surface area contributed by atoms with E-state index in [0.717, 1.165) is 0 Å². The van der Waals surface area contributed by atoms with Gasteiger partial charge in [-0.1, -0.05) is 5.16 Å². The van der Waals surface area contributed by atoms with Crippen molar-refractivity contribution in [2.75, 3.05) is 0 Å². The zero-order chi connectivity index (χ0) is 14.0. The summed E-state index contributed by atoms with van der Waals surface area (Å²) < 4.78 is 33.1. The Hall–Kier alpha value is -1.67. The summed E-state index contributed by atoms with van der Waals surface area (Å²) in [5, 5.41) is 3.60. The Morgan fingerprint density at radius 3 is 2.74 bits per heavy atom. The summed E-state index contributed by atoms with van der Waals surface area (Å²) in [4.78, 5) is 3.90. The van der Waals surface area contributed by atoms with Gasteiger partial charge < -0.3 is 9.09 Å². The van der Waals surface area contributed by atoms with Gasteiger partial charge in [0.25, 0.3) is 10.0 Å². The van der Waals surface area contributed by atoms with Crippen LogP contribution in [-0.4, -0.2) is 23.1 Å². The largest absolute Gasteiger partial charge is 0.361 e. The molecule has 2 aromatic heterocycles. The molecule has 0 saturated carbocycles. The van der Waals surface area contributed by atoms with E-state index >= 15 is 0 Å². The summed E-state index contributed by atoms with van der Waals surface area (Å²) in [6.07, 6.45) is 4.50. The molecule has 0 radical (unpaired) electrons. The highest BCUT2D eigenvalue weighted by molar-refractivity contribution is 7.89. The van der Waals surface area contributed by atoms with E-state index in [1.54, 1.807) is 11.5 Å². The summed E-state index contributed by atoms with van der Waals surface area (Å²) >= 11 is 0. The standard InChI is InChI=1S/C11H16N4O3S/c1-8(2)15-6-11(12-7-15)19(16,17)14-5-10-4-13-18-9(10)3/h4,6-8,14H,5H2,1-3H3. The molecular weight excluding hydrogens is 268 g/mol. The molecule has 2 heterocycles. The highest BCUT2D eigenvalue weighted by atomic mass is 32.2. The minimum absolute atomic E-state index is 0.00954. The fourth-order valence-electron chi connectivity index (χ4n) is 1.47. The first-order valence-electron chi connectivity index (χ1n) is 5.83. The number of hydrogen-bond acceptors (Lipinski definition) is 5. The van der Waals surface area contributed by atoms with Gasteiger partial charge in [0.1, 0.15) is 5.76 Å². The lowest BCUT2D eigenvalue weighted by molar-refractivity contribution is 0.396. The van der Waals surface area contributed by atoms with Gasteiger partial charge in [-0.15, -0.1) is 0 Å². The smallest absolute Gasteiger partial charge is 0.259 e. The van der Waals surface area contributed by atoms with E-state index in [1.807, 2.05) is 13.8 Å². The Morgan fingerprint density at radius 1 is 1.47 bits per heavy atom. The first-order valence-corrected chi connectivity index (χ1v) is 7.32. The predicted molar refractivity (Wildman–Crippen MR) is 67.9 cm³/mol. The number of aromatic nitrogens is 3. The SMILES string of the molecule is Cc1oncc1CNS(=O)(=O)c1cn(C(C)C)cn1. The van der Waals surface area contributed by atoms with Gasteiger partial charge in [-0.25, -0.2) is 18.1 Å². The molecule has 1 N–H and O–H groups in total. The van der Waals surface area contributed by atoms with E-state index < -0.39 is 10.0 Å². The van der Waals surface area contributed by atoms with Gasteiger partial charge in [-0.05, 0) is 20.8 Å². The molecule has 0 aliphatic heterocycles. The Morgan fingerprint density at radius 2 is 2.21 bits per heavy atom. The summed E-state index contributed by atoms with van der Waals surface area (Å²) in [5.41, 5.74) is 0.701. The second kappa shape index (κ2) is 5.14. The van der Waals surface area contributed by atoms with E-state index in [0.29, 0.717) is 11.3 Å². The Bertz CT molecular complexity index is 657. The highest BCUT2D eigenvalue weighted by Gasteiger charge is 2.18. The first-order chi connectivity index (χ1) is 8.90. The lowest BCUT2D eigenvalue weighted by Gasteiger charge is -2.04. The molecule has 0 saturated heterocycles. The van der Waals surface area contributed by atoms with Crippen molar-refractivity contribution < 1.29 is 12.9 Å². The van der Waals surface area contributed by atoms with Crippen LogP contribution in [0, 0.1) is 6.92 Å². The van der Waals surface area contributed by atoms with Gasteiger partial charge in [0.2, 0.25) is 0 Å². The van der Waals surface area contributed by atoms with Gasteiger partial charge in [-0.3, -0.25) is 0 Å². The molecule has 2 aromatic rings. The van der Waals surface area contributed by atoms with Crippen LogP contribution in [0.2, 0.25) is 0 Å². The molecule has 0 atom stereocenters. The Kier molecular flexibility index (Phi) is 3.72. The van der Waals surface area contributed by atoms with Gasteiger partial charge in [0.15, 0.2) is 5.03 Å². The van der Waals surface area contributed by atoms with Crippen LogP contribution in [-0.2, 0) is 16.6 Å². The summed E-state index contributed by atoms with van der Waals surface area (Å²) in [5.74, 6) is 0.593. The number of rotatable bonds is 5. The van der Waals surface area contributed by atoms with Crippen molar-refractivity contribution in [3.63, 3.8) is 0 Å². The van der Waals surface area contributed by atoms with Gasteiger partial charge >= 0.3 is 0 Å². The quantitative estimate of drug-likeness (QED) is 0.892. The van der Waals surface area contributed by atoms with E-state index in [4.69, 9.17) is 4.52 Å². The topological polar surface area (TPSA) is 90.0 Å². The number of imidazole rings is 1. The molecule has 0 fully saturated rings. The van der Waals surface area contributed by atoms with Crippen LogP contribution in [0.25, 0.3) is 0 Å². The molecule has 2 rings (SSSR count). The summed E-state index contributed by atoms with van der Waals surface area (Å²) in [7, 11) is -3.62. The minimum Gasteiger partial charge on any atom is -0.361 e. The second-order valence-corrected chi connectivity index (χ2v) is 6.20. The molecule has 104 valence electrons. The monoisotopic (exact) mass is 284 g/mol. The summed E-state index contributed by atoms with van der Waals surface area (Å²) in [6.45, 7) is 5.76. The molecule has 8 heteroatoms. The van der Waals surface area contributed by atoms with E-state index in [-0.39, 0.29) is 17.6 Å². The van der Waals surface area contributed by atoms with E-state index in [1.165, 1.54) is 18.7 Å². The van der Waals surface area contributed by atoms with Crippen LogP contribution in [0.3, 0.4) is 0 Å². The molecule has 0 bridgehead atoms. The Labute approximate surface area is 111 Å². The normalized spacial score (nSPS) is 12.2. The van der Waals surface area contributed by atoms with Crippen LogP contribution in [0.1, 0.15) is 31.2 Å². The van der Waals surface area contributed by atoms with Crippen molar-refractivity contribution >= 4 is 10.0 Å². The fraction of sp³-hybridized carbons (Fsp3) is 0.455. The molecule has 0 unspecified atom stereocenters. The minimum atomic E-state index is -3.62. The van der Waals surface area contributed by atoms with Crippen LogP contribution in [0.5, 0.6) is 0 Å². The van der Waals surface area contributed by atoms with Crippen molar-refractivity contribution in [1.29, 1.82) is 0 Å². The molecule has 0 aliphatic carbocycles. The molecule has 0 aromatic carbocycles. The molecule has 7 nitrogen and oxygen atoms in total. The third-order valence-electron chi connectivity index (χ3n) is 2.75. The van der Waals surface area contributed by atoms with E-state index in [9.17, 15) is 8.42 Å². The number of hydrogen-bond donors (Lipinski definition) is 1. The average molecular weight is 284 g/mol. The van der Waals surface area contributed by atoms with Crippen LogP contribution in [0.15, 0.2) is 28.3 Å². The van der Waals surface area contributed by atoms with Crippen molar-refractivity contribution in [3.8, 4) is 0 Å². The van der Waals surface area contributed by atoms with E-state index in [2.05, 4.69) is 14.9 Å². The van der Waals surface area contributed by atoms with Gasteiger partial charge in [-0.2, -0.15) is 0 Å². The van der Waals surface area contributed by atoms with Crippen LogP contribution >= 0.6 is 0 Å². The average Bonchev–Trinajstić information content (AvgIpc) is 2.95. The lowest BCUT2D eigenvalue weighted by atomic mass is 10.3. The van der Waals surface area contributed by atoms with Crippen molar-refractivity contribution in [2.24, 2.45) is 0 Å². The first kappa shape index (κ1) is 13.8. The van der Waals surface area contributed by atoms with Gasteiger partial charge in [0.05, 0.1) is 12.5 Å². The predicted octanol–water partition coefficient (Wildman–Crippen LogP) is 1.24.